The second-order valence-corrected chi connectivity index (χ2v) is 5.45. The Bertz CT molecular complexity index is 674. The van der Waals surface area contributed by atoms with E-state index in [0.29, 0.717) is 17.9 Å². The molecule has 2 aromatic rings. The molecule has 1 N–H and O–H groups in total. The van der Waals surface area contributed by atoms with Gasteiger partial charge >= 0.3 is 5.69 Å². The average molecular weight is 260 g/mol. The lowest BCUT2D eigenvalue weighted by Crippen LogP contribution is -2.44. The highest BCUT2D eigenvalue weighted by atomic mass is 16.5. The first-order valence-corrected chi connectivity index (χ1v) is 6.27. The van der Waals surface area contributed by atoms with Gasteiger partial charge in [-0.1, -0.05) is 13.0 Å². The molecule has 1 aromatic heterocycles. The van der Waals surface area contributed by atoms with Crippen molar-refractivity contribution in [3.05, 3.63) is 34.4 Å². The summed E-state index contributed by atoms with van der Waals surface area (Å²) >= 11 is 0. The van der Waals surface area contributed by atoms with E-state index >= 15 is 0 Å². The lowest BCUT2D eigenvalue weighted by Gasteiger charge is -2.37. The van der Waals surface area contributed by atoms with Crippen molar-refractivity contribution in [2.75, 3.05) is 19.8 Å². The Balaban J connectivity index is 1.96. The third-order valence-corrected chi connectivity index (χ3v) is 3.45. The second kappa shape index (κ2) is 4.35. The first-order chi connectivity index (χ1) is 9.07. The fraction of sp³-hybridized carbons (Fsp3) is 0.429. The molecule has 0 saturated carbocycles. The molecule has 5 heteroatoms. The molecule has 100 valence electrons. The number of H-pyrrole nitrogens is 1. The first kappa shape index (κ1) is 12.2. The molecule has 0 spiro atoms. The van der Waals surface area contributed by atoms with Crippen LogP contribution in [0.15, 0.2) is 23.1 Å². The van der Waals surface area contributed by atoms with Gasteiger partial charge in [-0.15, -0.1) is 0 Å². The van der Waals surface area contributed by atoms with E-state index in [1.54, 1.807) is 6.20 Å². The molecular weight excluding hydrogens is 244 g/mol. The van der Waals surface area contributed by atoms with Crippen molar-refractivity contribution in [1.82, 2.24) is 9.97 Å². The van der Waals surface area contributed by atoms with Gasteiger partial charge < -0.3 is 14.5 Å². The Morgan fingerprint density at radius 2 is 2.26 bits per heavy atom. The molecule has 0 unspecified atom stereocenters. The van der Waals surface area contributed by atoms with Gasteiger partial charge in [0.15, 0.2) is 0 Å². The molecular formula is C14H16N2O3. The number of fused-ring (bicyclic) bond motifs is 1. The predicted octanol–water partition coefficient (Wildman–Crippen LogP) is 1.65. The monoisotopic (exact) mass is 260 g/mol. The van der Waals surface area contributed by atoms with E-state index in [1.165, 1.54) is 0 Å². The Hall–Kier alpha value is -1.88. The first-order valence-electron chi connectivity index (χ1n) is 6.27. The number of nitrogens with zero attached hydrogens (tertiary/aromatic N) is 1. The average Bonchev–Trinajstić information content (AvgIpc) is 2.36. The topological polar surface area (TPSA) is 64.2 Å². The Kier molecular flexibility index (Phi) is 2.78. The highest BCUT2D eigenvalue weighted by molar-refractivity contribution is 5.86. The van der Waals surface area contributed by atoms with Crippen LogP contribution in [0.3, 0.4) is 0 Å². The minimum absolute atomic E-state index is 0.0739. The van der Waals surface area contributed by atoms with Crippen LogP contribution in [-0.4, -0.2) is 29.8 Å². The van der Waals surface area contributed by atoms with Crippen LogP contribution in [0.2, 0.25) is 0 Å². The number of benzene rings is 1. The number of hydrogen-bond acceptors (Lipinski definition) is 4. The van der Waals surface area contributed by atoms with Crippen molar-refractivity contribution in [1.29, 1.82) is 0 Å². The maximum atomic E-state index is 11.4. The molecule has 1 aromatic carbocycles. The predicted molar refractivity (Wildman–Crippen MR) is 71.5 cm³/mol. The third-order valence-electron chi connectivity index (χ3n) is 3.45. The van der Waals surface area contributed by atoms with Crippen LogP contribution < -0.4 is 10.4 Å². The third kappa shape index (κ3) is 2.21. The molecule has 0 radical (unpaired) electrons. The molecule has 1 saturated heterocycles. The largest absolute Gasteiger partial charge is 0.491 e. The molecule has 3 rings (SSSR count). The van der Waals surface area contributed by atoms with Gasteiger partial charge in [-0.05, 0) is 18.6 Å². The van der Waals surface area contributed by atoms with E-state index in [-0.39, 0.29) is 11.1 Å². The van der Waals surface area contributed by atoms with E-state index < -0.39 is 0 Å². The van der Waals surface area contributed by atoms with Crippen molar-refractivity contribution in [3.63, 3.8) is 0 Å². The Morgan fingerprint density at radius 1 is 1.47 bits per heavy atom. The number of aryl methyl sites for hydroxylation is 1. The van der Waals surface area contributed by atoms with Gasteiger partial charge in [-0.2, -0.15) is 0 Å². The van der Waals surface area contributed by atoms with Gasteiger partial charge in [0.05, 0.1) is 25.3 Å². The SMILES string of the molecule is Cc1ccc(OCC2(C)COC2)c2[nH]c(=O)ncc12. The summed E-state index contributed by atoms with van der Waals surface area (Å²) in [5.74, 6) is 0.688. The highest BCUT2D eigenvalue weighted by Crippen LogP contribution is 2.30. The summed E-state index contributed by atoms with van der Waals surface area (Å²) in [6, 6.07) is 3.85. The highest BCUT2D eigenvalue weighted by Gasteiger charge is 2.34. The minimum Gasteiger partial charge on any atom is -0.491 e. The van der Waals surface area contributed by atoms with Gasteiger partial charge in [0.25, 0.3) is 0 Å². The number of nitrogens with one attached hydrogen (secondary N) is 1. The molecule has 0 amide bonds. The molecule has 2 heterocycles. The fourth-order valence-corrected chi connectivity index (χ4v) is 2.17. The minimum atomic E-state index is -0.360. The molecule has 0 bridgehead atoms. The number of aromatic amines is 1. The van der Waals surface area contributed by atoms with E-state index in [4.69, 9.17) is 9.47 Å². The van der Waals surface area contributed by atoms with Crippen molar-refractivity contribution in [2.45, 2.75) is 13.8 Å². The maximum Gasteiger partial charge on any atom is 0.345 e. The smallest absolute Gasteiger partial charge is 0.345 e. The normalized spacial score (nSPS) is 17.2. The second-order valence-electron chi connectivity index (χ2n) is 5.45. The molecule has 0 atom stereocenters. The van der Waals surface area contributed by atoms with Crippen molar-refractivity contribution < 1.29 is 9.47 Å². The van der Waals surface area contributed by atoms with Gasteiger partial charge in [0.1, 0.15) is 5.75 Å². The molecule has 0 aliphatic carbocycles. The van der Waals surface area contributed by atoms with Crippen molar-refractivity contribution in [2.24, 2.45) is 5.41 Å². The van der Waals surface area contributed by atoms with E-state index in [9.17, 15) is 4.79 Å². The fourth-order valence-electron chi connectivity index (χ4n) is 2.17. The number of ether oxygens (including phenoxy) is 2. The van der Waals surface area contributed by atoms with Gasteiger partial charge in [-0.25, -0.2) is 9.78 Å². The van der Waals surface area contributed by atoms with Crippen LogP contribution in [0.1, 0.15) is 12.5 Å². The summed E-state index contributed by atoms with van der Waals surface area (Å²) in [4.78, 5) is 17.9. The summed E-state index contributed by atoms with van der Waals surface area (Å²) in [5.41, 5.74) is 1.49. The van der Waals surface area contributed by atoms with Gasteiger partial charge in [0.2, 0.25) is 0 Å². The van der Waals surface area contributed by atoms with Crippen molar-refractivity contribution in [3.8, 4) is 5.75 Å². The maximum absolute atomic E-state index is 11.4. The van der Waals surface area contributed by atoms with E-state index in [2.05, 4.69) is 16.9 Å². The zero-order chi connectivity index (χ0) is 13.5. The van der Waals surface area contributed by atoms with Gasteiger partial charge in [-0.3, -0.25) is 0 Å². The molecule has 1 aliphatic rings. The van der Waals surface area contributed by atoms with Gasteiger partial charge in [0, 0.05) is 17.0 Å². The Morgan fingerprint density at radius 3 is 2.95 bits per heavy atom. The zero-order valence-corrected chi connectivity index (χ0v) is 11.0. The number of rotatable bonds is 3. The molecule has 1 aliphatic heterocycles. The molecule has 1 fully saturated rings. The molecule has 5 nitrogen and oxygen atoms in total. The summed E-state index contributed by atoms with van der Waals surface area (Å²) in [7, 11) is 0. The van der Waals surface area contributed by atoms with Crippen LogP contribution in [0.25, 0.3) is 10.9 Å². The number of aromatic nitrogens is 2. The number of hydrogen-bond donors (Lipinski definition) is 1. The van der Waals surface area contributed by atoms with Crippen LogP contribution >= 0.6 is 0 Å². The Labute approximate surface area is 110 Å². The lowest BCUT2D eigenvalue weighted by atomic mass is 9.90. The summed E-state index contributed by atoms with van der Waals surface area (Å²) in [6.07, 6.45) is 1.59. The van der Waals surface area contributed by atoms with Crippen LogP contribution in [-0.2, 0) is 4.74 Å². The van der Waals surface area contributed by atoms with E-state index in [1.807, 2.05) is 19.1 Å². The molecule has 19 heavy (non-hydrogen) atoms. The summed E-state index contributed by atoms with van der Waals surface area (Å²) in [6.45, 7) is 6.11. The quantitative estimate of drug-likeness (QED) is 0.911. The lowest BCUT2D eigenvalue weighted by molar-refractivity contribution is -0.120. The zero-order valence-electron chi connectivity index (χ0n) is 11.0. The van der Waals surface area contributed by atoms with Crippen LogP contribution in [0, 0.1) is 12.3 Å². The summed E-state index contributed by atoms with van der Waals surface area (Å²) in [5, 5.41) is 0.909. The standard InChI is InChI=1S/C14H16N2O3/c1-9-3-4-11(19-8-14(2)6-18-7-14)12-10(9)5-15-13(17)16-12/h3-5H,6-8H2,1-2H3,(H,15,16,17). The van der Waals surface area contributed by atoms with Crippen LogP contribution in [0.4, 0.5) is 0 Å². The van der Waals surface area contributed by atoms with Crippen molar-refractivity contribution >= 4 is 10.9 Å². The van der Waals surface area contributed by atoms with Crippen LogP contribution in [0.5, 0.6) is 5.75 Å². The summed E-state index contributed by atoms with van der Waals surface area (Å²) < 4.78 is 11.1. The van der Waals surface area contributed by atoms with E-state index in [0.717, 1.165) is 24.2 Å².